The summed E-state index contributed by atoms with van der Waals surface area (Å²) in [7, 11) is 1.55. The number of ether oxygens (including phenoxy) is 2. The van der Waals surface area contributed by atoms with Gasteiger partial charge in [0.2, 0.25) is 0 Å². The number of benzene rings is 1. The summed E-state index contributed by atoms with van der Waals surface area (Å²) in [6, 6.07) is 8.79. The topological polar surface area (TPSA) is 203 Å². The van der Waals surface area contributed by atoms with Gasteiger partial charge in [0.05, 0.1) is 44.2 Å². The molecule has 3 heterocycles. The molecule has 2 unspecified atom stereocenters. The Morgan fingerprint density at radius 1 is 1.17 bits per heavy atom. The first-order chi connectivity index (χ1) is 19.4. The van der Waals surface area contributed by atoms with E-state index in [-0.39, 0.29) is 30.7 Å². The number of amides is 1. The number of aliphatic hydroxyl groups excluding tert-OH is 3. The molecule has 14 nitrogen and oxygen atoms in total. The summed E-state index contributed by atoms with van der Waals surface area (Å²) in [5, 5.41) is 46.9. The summed E-state index contributed by atoms with van der Waals surface area (Å²) in [5.41, 5.74) is 0.794. The molecule has 0 aliphatic carbocycles. The van der Waals surface area contributed by atoms with Crippen LogP contribution in [0.5, 0.6) is 11.5 Å². The molecule has 2 fully saturated rings. The molecule has 14 heteroatoms. The third-order valence-corrected chi connectivity index (χ3v) is 7.81. The van der Waals surface area contributed by atoms with Crippen molar-refractivity contribution < 1.29 is 44.7 Å². The van der Waals surface area contributed by atoms with Crippen molar-refractivity contribution in [3.63, 3.8) is 0 Å². The van der Waals surface area contributed by atoms with Crippen LogP contribution in [0.15, 0.2) is 35.7 Å². The lowest BCUT2D eigenvalue weighted by atomic mass is 9.72. The van der Waals surface area contributed by atoms with E-state index in [9.17, 15) is 30.0 Å². The van der Waals surface area contributed by atoms with E-state index in [1.165, 1.54) is 10.2 Å². The average Bonchev–Trinajstić information content (AvgIpc) is 3.28. The van der Waals surface area contributed by atoms with Crippen LogP contribution >= 0.6 is 0 Å². The first kappa shape index (κ1) is 31.5. The van der Waals surface area contributed by atoms with Gasteiger partial charge in [-0.1, -0.05) is 13.0 Å². The van der Waals surface area contributed by atoms with Gasteiger partial charge in [-0.3, -0.25) is 4.79 Å². The van der Waals surface area contributed by atoms with Crippen LogP contribution in [0.25, 0.3) is 0 Å². The van der Waals surface area contributed by atoms with E-state index in [2.05, 4.69) is 4.98 Å². The monoisotopic (exact) mass is 576 g/mol. The summed E-state index contributed by atoms with van der Waals surface area (Å²) >= 11 is 0. The second-order valence-electron chi connectivity index (χ2n) is 10.4. The molecule has 41 heavy (non-hydrogen) atoms. The Balaban J connectivity index is 0.00000147. The van der Waals surface area contributed by atoms with Gasteiger partial charge in [-0.15, -0.1) is 4.91 Å². The van der Waals surface area contributed by atoms with Crippen molar-refractivity contribution in [2.24, 2.45) is 10.8 Å². The van der Waals surface area contributed by atoms with E-state index < -0.39 is 36.1 Å². The number of hydrogen-bond donors (Lipinski definition) is 5. The average molecular weight is 577 g/mol. The van der Waals surface area contributed by atoms with Gasteiger partial charge in [0.1, 0.15) is 11.9 Å². The van der Waals surface area contributed by atoms with Crippen LogP contribution in [0.3, 0.4) is 0 Å². The first-order valence-corrected chi connectivity index (χ1v) is 12.9. The highest BCUT2D eigenvalue weighted by Crippen LogP contribution is 2.47. The number of likely N-dealkylation sites (tertiary alicyclic amines) is 1. The summed E-state index contributed by atoms with van der Waals surface area (Å²) < 4.78 is 11.8. The minimum atomic E-state index is -1.50. The Kier molecular flexibility index (Phi) is 10.1. The van der Waals surface area contributed by atoms with Crippen LogP contribution in [0.1, 0.15) is 41.4 Å². The Hall–Kier alpha value is -4.01. The molecule has 2 saturated heterocycles. The van der Waals surface area contributed by atoms with Gasteiger partial charge in [-0.05, 0) is 43.7 Å². The molecular weight excluding hydrogens is 540 g/mol. The van der Waals surface area contributed by atoms with Crippen molar-refractivity contribution in [3.8, 4) is 11.5 Å². The van der Waals surface area contributed by atoms with E-state index in [0.717, 1.165) is 5.56 Å². The van der Waals surface area contributed by atoms with Gasteiger partial charge in [-0.25, -0.2) is 9.78 Å². The highest BCUT2D eigenvalue weighted by molar-refractivity contribution is 5.89. The number of carbonyl (C=O) groups is 2. The lowest BCUT2D eigenvalue weighted by Gasteiger charge is -2.40. The Labute approximate surface area is 236 Å². The van der Waals surface area contributed by atoms with E-state index in [1.54, 1.807) is 39.2 Å². The van der Waals surface area contributed by atoms with Gasteiger partial charge >= 0.3 is 5.97 Å². The maximum atomic E-state index is 12.6. The van der Waals surface area contributed by atoms with E-state index >= 15 is 0 Å². The summed E-state index contributed by atoms with van der Waals surface area (Å²) in [4.78, 5) is 39.8. The molecule has 0 saturated carbocycles. The Morgan fingerprint density at radius 2 is 1.83 bits per heavy atom. The van der Waals surface area contributed by atoms with Crippen molar-refractivity contribution in [2.75, 3.05) is 44.8 Å². The van der Waals surface area contributed by atoms with Crippen molar-refractivity contribution in [2.45, 2.75) is 45.0 Å². The predicted octanol–water partition coefficient (Wildman–Crippen LogP) is 1.17. The van der Waals surface area contributed by atoms with Crippen LogP contribution in [-0.2, 0) is 4.79 Å². The number of aliphatic hydroxyl groups is 3. The van der Waals surface area contributed by atoms with E-state index in [1.807, 2.05) is 24.0 Å². The van der Waals surface area contributed by atoms with Gasteiger partial charge in [-0.2, -0.15) is 0 Å². The van der Waals surface area contributed by atoms with Crippen LogP contribution in [0, 0.1) is 17.2 Å². The quantitative estimate of drug-likeness (QED) is 0.211. The number of carboxylic acid groups (broad SMARTS) is 1. The second-order valence-corrected chi connectivity index (χ2v) is 10.4. The number of aryl methyl sites for hydroxylation is 1. The standard InChI is InChI=1S/C27H35N3O8.HNO2/c1-15-19(26(35)36)6-8-24(28-15)29-10-18(11-29)38-23-9-17(5-7-22(23)37-4)20-12-30(25(34)21(33)13-31)14-27(20,3)16(2)32;2-1-3/h5-9,16,18,20-21,31-33H,10-14H2,1-4H3,(H,35,36);(H,2,3)/t16?,20-,21?,27-;/m0./s1. The minimum absolute atomic E-state index is 0.148. The van der Waals surface area contributed by atoms with E-state index in [0.29, 0.717) is 36.1 Å². The summed E-state index contributed by atoms with van der Waals surface area (Å²) in [6.07, 6.45) is -2.39. The number of anilines is 1. The zero-order chi connectivity index (χ0) is 30.5. The van der Waals surface area contributed by atoms with Crippen LogP contribution < -0.4 is 14.4 Å². The van der Waals surface area contributed by atoms with Gasteiger partial charge in [0.15, 0.2) is 22.9 Å². The molecule has 2 aromatic rings. The summed E-state index contributed by atoms with van der Waals surface area (Å²) in [6.45, 7) is 6.22. The molecule has 1 aromatic heterocycles. The third-order valence-electron chi connectivity index (χ3n) is 7.81. The zero-order valence-electron chi connectivity index (χ0n) is 23.3. The molecule has 4 atom stereocenters. The van der Waals surface area contributed by atoms with Gasteiger partial charge in [0.25, 0.3) is 5.91 Å². The second kappa shape index (κ2) is 13.1. The highest BCUT2D eigenvalue weighted by Gasteiger charge is 2.49. The fourth-order valence-electron chi connectivity index (χ4n) is 5.21. The third kappa shape index (κ3) is 6.66. The van der Waals surface area contributed by atoms with Crippen LogP contribution in [0.2, 0.25) is 0 Å². The molecule has 2 aliphatic rings. The molecule has 2 aliphatic heterocycles. The number of nitrogens with zero attached hydrogens (tertiary/aromatic N) is 4. The molecule has 1 amide bonds. The van der Waals surface area contributed by atoms with E-state index in [4.69, 9.17) is 19.6 Å². The number of aromatic carboxylic acids is 1. The lowest BCUT2D eigenvalue weighted by Crippen LogP contribution is -2.54. The highest BCUT2D eigenvalue weighted by atomic mass is 16.6. The fraction of sp³-hybridized carbons (Fsp3) is 0.519. The summed E-state index contributed by atoms with van der Waals surface area (Å²) in [5.74, 6) is -0.0588. The molecule has 0 spiro atoms. The molecule has 224 valence electrons. The predicted molar refractivity (Wildman–Crippen MR) is 145 cm³/mol. The van der Waals surface area contributed by atoms with Gasteiger partial charge in [0, 0.05) is 24.4 Å². The van der Waals surface area contributed by atoms with Crippen molar-refractivity contribution in [1.82, 2.24) is 9.88 Å². The van der Waals surface area contributed by atoms with Gasteiger partial charge < -0.3 is 44.9 Å². The number of hydrogen-bond acceptors (Lipinski definition) is 11. The largest absolute Gasteiger partial charge is 0.493 e. The zero-order valence-corrected chi connectivity index (χ0v) is 23.3. The molecule has 0 radical (unpaired) electrons. The molecular formula is C27H36N4O10. The SMILES string of the molecule is COc1ccc([C@@H]2CN(C(=O)C(O)CO)C[C@@]2(C)C(C)O)cc1OC1CN(c2ccc(C(=O)O)c(C)n2)C1.O=NO. The minimum Gasteiger partial charge on any atom is -0.493 e. The smallest absolute Gasteiger partial charge is 0.337 e. The Bertz CT molecular complexity index is 1250. The van der Waals surface area contributed by atoms with Crippen LogP contribution in [0.4, 0.5) is 5.82 Å². The number of carboxylic acids is 1. The number of methoxy groups -OCH3 is 1. The lowest BCUT2D eigenvalue weighted by molar-refractivity contribution is -0.141. The number of aromatic nitrogens is 1. The van der Waals surface area contributed by atoms with Crippen molar-refractivity contribution in [3.05, 3.63) is 52.1 Å². The molecule has 5 N–H and O–H groups in total. The number of pyridine rings is 1. The van der Waals surface area contributed by atoms with Crippen molar-refractivity contribution in [1.29, 1.82) is 0 Å². The Morgan fingerprint density at radius 3 is 2.37 bits per heavy atom. The maximum absolute atomic E-state index is 12.6. The fourth-order valence-corrected chi connectivity index (χ4v) is 5.21. The normalized spacial score (nSPS) is 21.7. The molecule has 0 bridgehead atoms. The number of rotatable bonds is 9. The van der Waals surface area contributed by atoms with Crippen molar-refractivity contribution >= 4 is 17.7 Å². The molecule has 1 aromatic carbocycles. The first-order valence-electron chi connectivity index (χ1n) is 12.9. The maximum Gasteiger partial charge on any atom is 0.337 e. The number of carbonyl (C=O) groups excluding carboxylic acids is 1. The molecule has 4 rings (SSSR count). The van der Waals surface area contributed by atoms with Crippen LogP contribution in [-0.4, -0.2) is 106 Å².